The molecular weight excluding hydrogens is 350 g/mol. The van der Waals surface area contributed by atoms with Gasteiger partial charge in [0.25, 0.3) is 0 Å². The van der Waals surface area contributed by atoms with Crippen molar-refractivity contribution in [1.82, 2.24) is 5.43 Å². The van der Waals surface area contributed by atoms with Crippen LogP contribution in [0.5, 0.6) is 0 Å². The fraction of sp³-hybridized carbons (Fsp3) is 0.474. The molecule has 8 nitrogen and oxygen atoms in total. The maximum absolute atomic E-state index is 12.6. The summed E-state index contributed by atoms with van der Waals surface area (Å²) in [5.41, 5.74) is 4.09. The minimum atomic E-state index is -0.920. The molecule has 146 valence electrons. The van der Waals surface area contributed by atoms with Crippen LogP contribution >= 0.6 is 0 Å². The van der Waals surface area contributed by atoms with Crippen LogP contribution in [0.3, 0.4) is 0 Å². The minimum absolute atomic E-state index is 0.250. The fourth-order valence-corrected chi connectivity index (χ4v) is 3.15. The number of hydrogen-bond acceptors (Lipinski definition) is 5. The lowest BCUT2D eigenvalue weighted by atomic mass is 9.78. The summed E-state index contributed by atoms with van der Waals surface area (Å²) in [5.74, 6) is -2.37. The molecular formula is C19H25N3O5. The van der Waals surface area contributed by atoms with E-state index < -0.39 is 23.9 Å². The largest absolute Gasteiger partial charge is 0.481 e. The molecule has 1 aliphatic rings. The number of carbonyl (C=O) groups is 3. The van der Waals surface area contributed by atoms with Gasteiger partial charge >= 0.3 is 12.1 Å². The van der Waals surface area contributed by atoms with Crippen molar-refractivity contribution < 1.29 is 24.2 Å². The smallest absolute Gasteiger partial charge is 0.427 e. The Morgan fingerprint density at radius 3 is 2.59 bits per heavy atom. The molecule has 2 unspecified atom stereocenters. The molecule has 0 heterocycles. The molecule has 0 aromatic heterocycles. The summed E-state index contributed by atoms with van der Waals surface area (Å²) >= 11 is 0. The number of benzene rings is 1. The summed E-state index contributed by atoms with van der Waals surface area (Å²) in [4.78, 5) is 35.3. The number of nitrogens with zero attached hydrogens (tertiary/aromatic N) is 1. The molecule has 27 heavy (non-hydrogen) atoms. The fourth-order valence-electron chi connectivity index (χ4n) is 3.15. The van der Waals surface area contributed by atoms with Crippen molar-refractivity contribution in [1.29, 1.82) is 0 Å². The minimum Gasteiger partial charge on any atom is -0.481 e. The van der Waals surface area contributed by atoms with Crippen LogP contribution in [-0.4, -0.2) is 35.4 Å². The lowest BCUT2D eigenvalue weighted by Gasteiger charge is -2.27. The van der Waals surface area contributed by atoms with E-state index in [1.165, 1.54) is 0 Å². The second kappa shape index (κ2) is 9.70. The van der Waals surface area contributed by atoms with Crippen LogP contribution in [0.2, 0.25) is 0 Å². The molecule has 2 amide bonds. The quantitative estimate of drug-likeness (QED) is 0.522. The van der Waals surface area contributed by atoms with E-state index in [1.807, 2.05) is 0 Å². The summed E-state index contributed by atoms with van der Waals surface area (Å²) in [6.07, 6.45) is 2.15. The molecule has 1 aromatic rings. The van der Waals surface area contributed by atoms with Gasteiger partial charge in [-0.2, -0.15) is 5.10 Å². The highest BCUT2D eigenvalue weighted by molar-refractivity contribution is 6.01. The number of ether oxygens (including phenoxy) is 1. The highest BCUT2D eigenvalue weighted by atomic mass is 16.5. The first-order valence-electron chi connectivity index (χ1n) is 9.03. The molecule has 0 radical (unpaired) electrons. The van der Waals surface area contributed by atoms with Gasteiger partial charge in [0.2, 0.25) is 5.91 Å². The van der Waals surface area contributed by atoms with Crippen LogP contribution in [0.4, 0.5) is 10.5 Å². The Labute approximate surface area is 158 Å². The molecule has 1 aliphatic carbocycles. The molecule has 0 bridgehead atoms. The third kappa shape index (κ3) is 5.80. The van der Waals surface area contributed by atoms with Crippen LogP contribution in [-0.2, 0) is 14.3 Å². The van der Waals surface area contributed by atoms with E-state index >= 15 is 0 Å². The Morgan fingerprint density at radius 1 is 1.22 bits per heavy atom. The van der Waals surface area contributed by atoms with Crippen molar-refractivity contribution in [2.24, 2.45) is 16.9 Å². The van der Waals surface area contributed by atoms with Crippen LogP contribution in [0.1, 0.15) is 45.1 Å². The molecule has 0 spiro atoms. The Bertz CT molecular complexity index is 732. The summed E-state index contributed by atoms with van der Waals surface area (Å²) in [7, 11) is 0. The van der Waals surface area contributed by atoms with Gasteiger partial charge in [-0.15, -0.1) is 0 Å². The highest BCUT2D eigenvalue weighted by Crippen LogP contribution is 2.31. The van der Waals surface area contributed by atoms with Crippen molar-refractivity contribution in [3.63, 3.8) is 0 Å². The van der Waals surface area contributed by atoms with Crippen LogP contribution < -0.4 is 10.7 Å². The average Bonchev–Trinajstić information content (AvgIpc) is 2.66. The first kappa shape index (κ1) is 20.4. The number of anilines is 1. The second-order valence-electron chi connectivity index (χ2n) is 6.44. The number of carbonyl (C=O) groups excluding carboxylic acids is 2. The maximum atomic E-state index is 12.6. The topological polar surface area (TPSA) is 117 Å². The third-order valence-electron chi connectivity index (χ3n) is 4.56. The van der Waals surface area contributed by atoms with Crippen molar-refractivity contribution in [3.8, 4) is 0 Å². The second-order valence-corrected chi connectivity index (χ2v) is 6.44. The Hall–Kier alpha value is -2.90. The van der Waals surface area contributed by atoms with Gasteiger partial charge in [-0.05, 0) is 44.4 Å². The molecule has 8 heteroatoms. The van der Waals surface area contributed by atoms with Gasteiger partial charge in [-0.3, -0.25) is 9.59 Å². The van der Waals surface area contributed by atoms with Crippen LogP contribution in [0, 0.1) is 11.8 Å². The van der Waals surface area contributed by atoms with Gasteiger partial charge < -0.3 is 15.2 Å². The van der Waals surface area contributed by atoms with E-state index in [-0.39, 0.29) is 12.5 Å². The summed E-state index contributed by atoms with van der Waals surface area (Å²) in [6.45, 7) is 3.67. The van der Waals surface area contributed by atoms with E-state index in [9.17, 15) is 19.5 Å². The monoisotopic (exact) mass is 375 g/mol. The molecule has 2 atom stereocenters. The number of nitrogens with one attached hydrogen (secondary N) is 2. The normalized spacial score (nSPS) is 19.9. The zero-order valence-electron chi connectivity index (χ0n) is 15.5. The van der Waals surface area contributed by atoms with E-state index in [0.29, 0.717) is 29.8 Å². The Morgan fingerprint density at radius 2 is 1.93 bits per heavy atom. The van der Waals surface area contributed by atoms with E-state index in [1.54, 1.807) is 38.1 Å². The van der Waals surface area contributed by atoms with Gasteiger partial charge in [-0.25, -0.2) is 10.2 Å². The van der Waals surface area contributed by atoms with Crippen LogP contribution in [0.25, 0.3) is 0 Å². The van der Waals surface area contributed by atoms with Crippen molar-refractivity contribution >= 4 is 29.4 Å². The predicted molar refractivity (Wildman–Crippen MR) is 101 cm³/mol. The van der Waals surface area contributed by atoms with E-state index in [2.05, 4.69) is 15.8 Å². The predicted octanol–water partition coefficient (Wildman–Crippen LogP) is 2.99. The van der Waals surface area contributed by atoms with Gasteiger partial charge in [0.1, 0.15) is 0 Å². The molecule has 1 fully saturated rings. The first-order chi connectivity index (χ1) is 12.9. The number of hydrogen-bond donors (Lipinski definition) is 3. The van der Waals surface area contributed by atoms with Gasteiger partial charge in [0.05, 0.1) is 24.2 Å². The SMILES string of the molecule is CCOC(=O)N/N=C(\C)c1cccc(NC(=O)C2CCCCC2C(=O)O)c1. The van der Waals surface area contributed by atoms with E-state index in [4.69, 9.17) is 4.74 Å². The summed E-state index contributed by atoms with van der Waals surface area (Å²) < 4.78 is 4.74. The molecule has 0 aliphatic heterocycles. The lowest BCUT2D eigenvalue weighted by molar-refractivity contribution is -0.147. The number of amides is 2. The summed E-state index contributed by atoms with van der Waals surface area (Å²) in [6, 6.07) is 7.00. The maximum Gasteiger partial charge on any atom is 0.427 e. The number of carboxylic acid groups (broad SMARTS) is 1. The Balaban J connectivity index is 2.06. The van der Waals surface area contributed by atoms with Gasteiger partial charge in [0.15, 0.2) is 0 Å². The molecule has 1 saturated carbocycles. The standard InChI is InChI=1S/C19H25N3O5/c1-3-27-19(26)22-21-12(2)13-7-6-8-14(11-13)20-17(23)15-9-4-5-10-16(15)18(24)25/h6-8,11,15-16H,3-5,9-10H2,1-2H3,(H,20,23)(H,22,26)(H,24,25)/b21-12+. The lowest BCUT2D eigenvalue weighted by Crippen LogP contribution is -2.36. The molecule has 3 N–H and O–H groups in total. The van der Waals surface area contributed by atoms with Crippen molar-refractivity contribution in [2.75, 3.05) is 11.9 Å². The van der Waals surface area contributed by atoms with Crippen molar-refractivity contribution in [2.45, 2.75) is 39.5 Å². The molecule has 0 saturated heterocycles. The van der Waals surface area contributed by atoms with Gasteiger partial charge in [0, 0.05) is 5.69 Å². The number of carboxylic acids is 1. The first-order valence-corrected chi connectivity index (χ1v) is 9.03. The summed E-state index contributed by atoms with van der Waals surface area (Å²) in [5, 5.41) is 16.1. The highest BCUT2D eigenvalue weighted by Gasteiger charge is 2.35. The van der Waals surface area contributed by atoms with E-state index in [0.717, 1.165) is 12.8 Å². The number of hydrazone groups is 1. The molecule has 2 rings (SSSR count). The van der Waals surface area contributed by atoms with Crippen LogP contribution in [0.15, 0.2) is 29.4 Å². The zero-order chi connectivity index (χ0) is 19.8. The zero-order valence-corrected chi connectivity index (χ0v) is 15.5. The number of aliphatic carboxylic acids is 1. The van der Waals surface area contributed by atoms with Crippen molar-refractivity contribution in [3.05, 3.63) is 29.8 Å². The Kier molecular flexibility index (Phi) is 7.34. The average molecular weight is 375 g/mol. The molecule has 1 aromatic carbocycles. The number of rotatable bonds is 6. The van der Waals surface area contributed by atoms with Gasteiger partial charge in [-0.1, -0.05) is 25.0 Å². The third-order valence-corrected chi connectivity index (χ3v) is 4.56.